The molecule has 2 aliphatic heterocycles. The highest BCUT2D eigenvalue weighted by Crippen LogP contribution is 2.51. The Labute approximate surface area is 123 Å². The van der Waals surface area contributed by atoms with E-state index in [2.05, 4.69) is 4.99 Å². The second kappa shape index (κ2) is 4.72. The van der Waals surface area contributed by atoms with Gasteiger partial charge >= 0.3 is 5.97 Å². The van der Waals surface area contributed by atoms with Crippen LogP contribution in [0.25, 0.3) is 0 Å². The topological polar surface area (TPSA) is 76.0 Å². The number of amides is 1. The van der Waals surface area contributed by atoms with Crippen LogP contribution < -0.4 is 0 Å². The Bertz CT molecular complexity index is 510. The van der Waals surface area contributed by atoms with Crippen LogP contribution in [-0.4, -0.2) is 53.4 Å². The molecule has 8 heteroatoms. The smallest absolute Gasteiger partial charge is 0.317 e. The van der Waals surface area contributed by atoms with Gasteiger partial charge in [0.1, 0.15) is 11.4 Å². The van der Waals surface area contributed by atoms with Gasteiger partial charge in [0.15, 0.2) is 6.04 Å². The average Bonchev–Trinajstić information content (AvgIpc) is 2.52. The molecule has 0 saturated carbocycles. The molecule has 0 aromatic heterocycles. The molecule has 0 bridgehead atoms. The van der Waals surface area contributed by atoms with E-state index in [1.54, 1.807) is 0 Å². The lowest BCUT2D eigenvalue weighted by atomic mass is 9.96. The maximum atomic E-state index is 12.4. The summed E-state index contributed by atoms with van der Waals surface area (Å²) in [6, 6.07) is -1.32. The SMILES string of the molecule is CC1(C)S[C@@H]2C(N=C=O)C(=O)N2[C@H]1C(=O)O[Si](C)(C)C. The summed E-state index contributed by atoms with van der Waals surface area (Å²) in [7, 11) is -2.01. The maximum absolute atomic E-state index is 12.4. The van der Waals surface area contributed by atoms with Crippen molar-refractivity contribution in [3.63, 3.8) is 0 Å². The van der Waals surface area contributed by atoms with E-state index in [1.165, 1.54) is 22.7 Å². The summed E-state index contributed by atoms with van der Waals surface area (Å²) in [5.74, 6) is -0.653. The highest BCUT2D eigenvalue weighted by molar-refractivity contribution is 8.01. The van der Waals surface area contributed by atoms with Crippen molar-refractivity contribution in [2.75, 3.05) is 0 Å². The third-order valence-corrected chi connectivity index (χ3v) is 5.61. The van der Waals surface area contributed by atoms with Crippen LogP contribution in [0.4, 0.5) is 0 Å². The molecule has 1 unspecified atom stereocenters. The maximum Gasteiger partial charge on any atom is 0.317 e. The van der Waals surface area contributed by atoms with E-state index in [0.717, 1.165) is 0 Å². The van der Waals surface area contributed by atoms with Crippen molar-refractivity contribution in [3.05, 3.63) is 0 Å². The standard InChI is InChI=1S/C12H18N2O4SSi/c1-12(2)8(11(17)18-20(3,4)5)14-9(16)7(13-6-15)10(14)19-12/h7-8,10H,1-5H3/t7?,8-,10+/m0/s1. The summed E-state index contributed by atoms with van der Waals surface area (Å²) < 4.78 is 5.08. The summed E-state index contributed by atoms with van der Waals surface area (Å²) in [4.78, 5) is 39.8. The lowest BCUT2D eigenvalue weighted by Crippen LogP contribution is -2.65. The van der Waals surface area contributed by atoms with Crippen LogP contribution in [0.3, 0.4) is 0 Å². The van der Waals surface area contributed by atoms with Crippen molar-refractivity contribution in [1.29, 1.82) is 0 Å². The van der Waals surface area contributed by atoms with E-state index in [9.17, 15) is 14.4 Å². The molecule has 3 atom stereocenters. The van der Waals surface area contributed by atoms with Crippen LogP contribution in [0.15, 0.2) is 4.99 Å². The normalized spacial score (nSPS) is 31.1. The number of aliphatic imine (C=N–C) groups is 1. The molecule has 2 aliphatic rings. The van der Waals surface area contributed by atoms with Gasteiger partial charge in [-0.3, -0.25) is 9.59 Å². The second-order valence-electron chi connectivity index (χ2n) is 6.46. The fraction of sp³-hybridized carbons (Fsp3) is 0.750. The molecule has 0 aliphatic carbocycles. The van der Waals surface area contributed by atoms with Crippen LogP contribution in [-0.2, 0) is 18.8 Å². The lowest BCUT2D eigenvalue weighted by molar-refractivity contribution is -0.157. The van der Waals surface area contributed by atoms with Gasteiger partial charge < -0.3 is 9.33 Å². The number of fused-ring (bicyclic) bond motifs is 1. The van der Waals surface area contributed by atoms with Gasteiger partial charge in [-0.1, -0.05) is 0 Å². The van der Waals surface area contributed by atoms with E-state index < -0.39 is 25.1 Å². The summed E-state index contributed by atoms with van der Waals surface area (Å²) in [6.45, 7) is 9.58. The van der Waals surface area contributed by atoms with Gasteiger partial charge in [0, 0.05) is 4.75 Å². The zero-order valence-corrected chi connectivity index (χ0v) is 14.0. The number of isocyanates is 1. The highest BCUT2D eigenvalue weighted by atomic mass is 32.2. The van der Waals surface area contributed by atoms with Crippen molar-refractivity contribution >= 4 is 38.0 Å². The number of rotatable bonds is 3. The van der Waals surface area contributed by atoms with Gasteiger partial charge in [-0.15, -0.1) is 11.8 Å². The molecule has 6 nitrogen and oxygen atoms in total. The average molecular weight is 314 g/mol. The second-order valence-corrected chi connectivity index (χ2v) is 12.7. The van der Waals surface area contributed by atoms with E-state index in [4.69, 9.17) is 4.43 Å². The molecule has 2 fully saturated rings. The van der Waals surface area contributed by atoms with E-state index in [0.29, 0.717) is 0 Å². The van der Waals surface area contributed by atoms with Gasteiger partial charge in [-0.2, -0.15) is 4.99 Å². The molecule has 110 valence electrons. The Balaban J connectivity index is 2.24. The van der Waals surface area contributed by atoms with Crippen molar-refractivity contribution in [2.45, 2.75) is 55.7 Å². The van der Waals surface area contributed by atoms with Crippen molar-refractivity contribution in [3.8, 4) is 0 Å². The fourth-order valence-electron chi connectivity index (χ4n) is 2.51. The molecule has 0 radical (unpaired) electrons. The minimum Gasteiger partial charge on any atom is -0.518 e. The molecular weight excluding hydrogens is 296 g/mol. The number of hydrogen-bond donors (Lipinski definition) is 0. The summed E-state index contributed by atoms with van der Waals surface area (Å²) >= 11 is 1.48. The van der Waals surface area contributed by atoms with Crippen molar-refractivity contribution in [2.24, 2.45) is 4.99 Å². The molecule has 0 N–H and O–H groups in total. The zero-order chi connectivity index (χ0) is 15.3. The summed E-state index contributed by atoms with van der Waals surface area (Å²) in [5, 5.41) is -0.266. The number of hydrogen-bond acceptors (Lipinski definition) is 6. The first-order valence-electron chi connectivity index (χ1n) is 6.38. The largest absolute Gasteiger partial charge is 0.518 e. The monoisotopic (exact) mass is 314 g/mol. The minimum atomic E-state index is -2.01. The molecule has 0 spiro atoms. The predicted molar refractivity (Wildman–Crippen MR) is 77.4 cm³/mol. The van der Waals surface area contributed by atoms with Crippen LogP contribution in [0.1, 0.15) is 13.8 Å². The van der Waals surface area contributed by atoms with Gasteiger partial charge in [-0.25, -0.2) is 4.79 Å². The predicted octanol–water partition coefficient (Wildman–Crippen LogP) is 1.13. The zero-order valence-electron chi connectivity index (χ0n) is 12.2. The van der Waals surface area contributed by atoms with Gasteiger partial charge in [-0.05, 0) is 33.5 Å². The number of carbonyl (C=O) groups excluding carboxylic acids is 3. The third kappa shape index (κ3) is 2.43. The molecule has 2 rings (SSSR count). The Hall–Kier alpha value is -1.11. The van der Waals surface area contributed by atoms with Gasteiger partial charge in [0.05, 0.1) is 0 Å². The molecule has 0 aromatic rings. The Morgan fingerprint density at radius 3 is 2.55 bits per heavy atom. The number of nitrogens with zero attached hydrogens (tertiary/aromatic N) is 2. The lowest BCUT2D eigenvalue weighted by Gasteiger charge is -2.41. The summed E-state index contributed by atoms with van der Waals surface area (Å²) in [6.07, 6.45) is 1.43. The number of β-lactam (4-membered cyclic amide) rings is 1. The Morgan fingerprint density at radius 2 is 2.05 bits per heavy atom. The van der Waals surface area contributed by atoms with E-state index in [1.807, 2.05) is 33.5 Å². The first-order chi connectivity index (χ1) is 9.08. The Kier molecular flexibility index (Phi) is 3.60. The van der Waals surface area contributed by atoms with Gasteiger partial charge in [0.25, 0.3) is 5.91 Å². The number of carbonyl (C=O) groups is 2. The molecule has 2 saturated heterocycles. The molecule has 2 heterocycles. The van der Waals surface area contributed by atoms with Crippen LogP contribution in [0.5, 0.6) is 0 Å². The van der Waals surface area contributed by atoms with E-state index in [-0.39, 0.29) is 17.3 Å². The Morgan fingerprint density at radius 1 is 1.45 bits per heavy atom. The van der Waals surface area contributed by atoms with Crippen LogP contribution in [0, 0.1) is 0 Å². The molecule has 1 amide bonds. The van der Waals surface area contributed by atoms with Crippen molar-refractivity contribution in [1.82, 2.24) is 4.90 Å². The van der Waals surface area contributed by atoms with E-state index >= 15 is 0 Å². The quantitative estimate of drug-likeness (QED) is 0.338. The van der Waals surface area contributed by atoms with Gasteiger partial charge in [0.2, 0.25) is 14.4 Å². The van der Waals surface area contributed by atoms with Crippen molar-refractivity contribution < 1.29 is 18.8 Å². The molecule has 0 aromatic carbocycles. The first-order valence-corrected chi connectivity index (χ1v) is 10.7. The fourth-order valence-corrected chi connectivity index (χ4v) is 4.83. The third-order valence-electron chi connectivity index (χ3n) is 3.23. The highest BCUT2D eigenvalue weighted by Gasteiger charge is 2.64. The first kappa shape index (κ1) is 15.3. The van der Waals surface area contributed by atoms with Crippen LogP contribution in [0.2, 0.25) is 19.6 Å². The summed E-state index contributed by atoms with van der Waals surface area (Å²) in [5.41, 5.74) is 0. The minimum absolute atomic E-state index is 0.266. The molecule has 20 heavy (non-hydrogen) atoms. The molecular formula is C12H18N2O4SSi. The van der Waals surface area contributed by atoms with Crippen LogP contribution >= 0.6 is 11.8 Å². The number of thioether (sulfide) groups is 1.